The van der Waals surface area contributed by atoms with Crippen LogP contribution in [0.1, 0.15) is 23.7 Å². The summed E-state index contributed by atoms with van der Waals surface area (Å²) in [6.07, 6.45) is 1.01. The molecule has 1 heterocycles. The molecule has 1 fully saturated rings. The summed E-state index contributed by atoms with van der Waals surface area (Å²) in [5.41, 5.74) is 6.25. The molecule has 0 aromatic heterocycles. The van der Waals surface area contributed by atoms with Crippen LogP contribution in [-0.2, 0) is 4.79 Å². The summed E-state index contributed by atoms with van der Waals surface area (Å²) in [7, 11) is 0. The van der Waals surface area contributed by atoms with E-state index in [4.69, 9.17) is 5.73 Å². The molecular weight excluding hydrogens is 230 g/mol. The van der Waals surface area contributed by atoms with E-state index < -0.39 is 5.91 Å². The van der Waals surface area contributed by atoms with Gasteiger partial charge in [-0.05, 0) is 43.1 Å². The monoisotopic (exact) mass is 247 g/mol. The van der Waals surface area contributed by atoms with E-state index in [1.54, 1.807) is 24.3 Å². The summed E-state index contributed by atoms with van der Waals surface area (Å²) >= 11 is 0. The highest BCUT2D eigenvalue weighted by molar-refractivity contribution is 5.96. The molecule has 2 rings (SSSR count). The van der Waals surface area contributed by atoms with Crippen LogP contribution in [0.2, 0.25) is 0 Å². The van der Waals surface area contributed by atoms with Crippen molar-refractivity contribution >= 4 is 17.5 Å². The molecule has 1 aromatic carbocycles. The predicted octanol–water partition coefficient (Wildman–Crippen LogP) is 0.722. The zero-order valence-electron chi connectivity index (χ0n) is 10.3. The van der Waals surface area contributed by atoms with Crippen LogP contribution in [0.25, 0.3) is 0 Å². The average molecular weight is 247 g/mol. The second-order valence-corrected chi connectivity index (χ2v) is 4.63. The van der Waals surface area contributed by atoms with E-state index in [1.807, 2.05) is 0 Å². The topological polar surface area (TPSA) is 84.2 Å². The number of benzene rings is 1. The van der Waals surface area contributed by atoms with Gasteiger partial charge in [0.15, 0.2) is 0 Å². The maximum absolute atomic E-state index is 12.0. The molecule has 96 valence electrons. The minimum Gasteiger partial charge on any atom is -0.366 e. The Morgan fingerprint density at radius 1 is 1.33 bits per heavy atom. The Hall–Kier alpha value is -1.88. The molecular formula is C13H17N3O2. The highest BCUT2D eigenvalue weighted by Gasteiger charge is 2.29. The first-order valence-electron chi connectivity index (χ1n) is 6.02. The lowest BCUT2D eigenvalue weighted by molar-refractivity contribution is -0.118. The molecule has 2 amide bonds. The largest absolute Gasteiger partial charge is 0.366 e. The van der Waals surface area contributed by atoms with Crippen LogP contribution >= 0.6 is 0 Å². The van der Waals surface area contributed by atoms with Crippen molar-refractivity contribution in [3.8, 4) is 0 Å². The summed E-state index contributed by atoms with van der Waals surface area (Å²) in [5, 5.41) is 6.00. The van der Waals surface area contributed by atoms with E-state index in [9.17, 15) is 9.59 Å². The number of rotatable bonds is 3. The van der Waals surface area contributed by atoms with Crippen molar-refractivity contribution in [2.24, 2.45) is 11.7 Å². The van der Waals surface area contributed by atoms with Crippen LogP contribution in [0, 0.1) is 5.92 Å². The Morgan fingerprint density at radius 2 is 2.00 bits per heavy atom. The predicted molar refractivity (Wildman–Crippen MR) is 69.2 cm³/mol. The zero-order chi connectivity index (χ0) is 13.1. The van der Waals surface area contributed by atoms with Crippen LogP contribution in [0.4, 0.5) is 5.69 Å². The Labute approximate surface area is 106 Å². The number of amides is 2. The summed E-state index contributed by atoms with van der Waals surface area (Å²) in [6, 6.07) is 6.42. The molecule has 2 unspecified atom stereocenters. The lowest BCUT2D eigenvalue weighted by Gasteiger charge is -2.15. The first-order chi connectivity index (χ1) is 8.58. The molecule has 5 nitrogen and oxygen atoms in total. The van der Waals surface area contributed by atoms with Crippen molar-refractivity contribution in [1.29, 1.82) is 0 Å². The minimum absolute atomic E-state index is 0.0353. The van der Waals surface area contributed by atoms with Crippen molar-refractivity contribution in [2.45, 2.75) is 19.4 Å². The number of nitrogens with one attached hydrogen (secondary N) is 2. The zero-order valence-corrected chi connectivity index (χ0v) is 10.3. The van der Waals surface area contributed by atoms with Gasteiger partial charge in [0.25, 0.3) is 0 Å². The van der Waals surface area contributed by atoms with Gasteiger partial charge < -0.3 is 16.4 Å². The first kappa shape index (κ1) is 12.6. The van der Waals surface area contributed by atoms with E-state index in [-0.39, 0.29) is 11.9 Å². The highest BCUT2D eigenvalue weighted by atomic mass is 16.2. The van der Waals surface area contributed by atoms with Crippen LogP contribution in [0.3, 0.4) is 0 Å². The van der Waals surface area contributed by atoms with Crippen LogP contribution < -0.4 is 16.4 Å². The molecule has 1 saturated heterocycles. The van der Waals surface area contributed by atoms with Gasteiger partial charge in [-0.15, -0.1) is 0 Å². The normalized spacial score (nSPS) is 22.7. The molecule has 5 heteroatoms. The molecule has 0 bridgehead atoms. The maximum Gasteiger partial charge on any atom is 0.248 e. The first-order valence-corrected chi connectivity index (χ1v) is 6.02. The molecule has 0 spiro atoms. The van der Waals surface area contributed by atoms with Gasteiger partial charge in [-0.25, -0.2) is 0 Å². The minimum atomic E-state index is -0.473. The van der Waals surface area contributed by atoms with E-state index in [0.29, 0.717) is 17.2 Å². The standard InChI is InChI=1S/C13H17N3O2/c1-8-6-7-15-11(8)13(18)16-10-4-2-9(3-5-10)12(14)17/h2-5,8,11,15H,6-7H2,1H3,(H2,14,17)(H,16,18). The van der Waals surface area contributed by atoms with Gasteiger partial charge in [0.1, 0.15) is 0 Å². The Kier molecular flexibility index (Phi) is 3.62. The van der Waals surface area contributed by atoms with Gasteiger partial charge >= 0.3 is 0 Å². The van der Waals surface area contributed by atoms with Gasteiger partial charge in [0.05, 0.1) is 6.04 Å². The Balaban J connectivity index is 2.00. The fourth-order valence-electron chi connectivity index (χ4n) is 2.12. The van der Waals surface area contributed by atoms with Gasteiger partial charge in [0, 0.05) is 11.3 Å². The molecule has 0 aliphatic carbocycles. The summed E-state index contributed by atoms with van der Waals surface area (Å²) in [4.78, 5) is 22.9. The molecule has 0 radical (unpaired) electrons. The van der Waals surface area contributed by atoms with Crippen molar-refractivity contribution in [3.05, 3.63) is 29.8 Å². The summed E-state index contributed by atoms with van der Waals surface area (Å²) in [5.74, 6) is -0.166. The number of anilines is 1. The molecule has 1 aromatic rings. The molecule has 0 saturated carbocycles. The third-order valence-corrected chi connectivity index (χ3v) is 3.25. The molecule has 1 aliphatic rings. The lowest BCUT2D eigenvalue weighted by Crippen LogP contribution is -2.39. The second kappa shape index (κ2) is 5.18. The number of hydrogen-bond donors (Lipinski definition) is 3. The SMILES string of the molecule is CC1CCNC1C(=O)Nc1ccc(C(N)=O)cc1. The fourth-order valence-corrected chi connectivity index (χ4v) is 2.12. The van der Waals surface area contributed by atoms with Crippen molar-refractivity contribution in [2.75, 3.05) is 11.9 Å². The average Bonchev–Trinajstić information content (AvgIpc) is 2.76. The van der Waals surface area contributed by atoms with E-state index in [2.05, 4.69) is 17.6 Å². The van der Waals surface area contributed by atoms with Crippen molar-refractivity contribution in [3.63, 3.8) is 0 Å². The van der Waals surface area contributed by atoms with E-state index in [1.165, 1.54) is 0 Å². The molecule has 1 aliphatic heterocycles. The third kappa shape index (κ3) is 2.68. The number of carbonyl (C=O) groups is 2. The number of nitrogens with two attached hydrogens (primary N) is 1. The van der Waals surface area contributed by atoms with Gasteiger partial charge in [-0.2, -0.15) is 0 Å². The fraction of sp³-hybridized carbons (Fsp3) is 0.385. The summed E-state index contributed by atoms with van der Waals surface area (Å²) in [6.45, 7) is 2.93. The number of carbonyl (C=O) groups excluding carboxylic acids is 2. The van der Waals surface area contributed by atoms with Gasteiger partial charge in [-0.1, -0.05) is 6.92 Å². The second-order valence-electron chi connectivity index (χ2n) is 4.63. The third-order valence-electron chi connectivity index (χ3n) is 3.25. The van der Waals surface area contributed by atoms with Crippen LogP contribution in [0.5, 0.6) is 0 Å². The van der Waals surface area contributed by atoms with E-state index >= 15 is 0 Å². The van der Waals surface area contributed by atoms with Crippen molar-refractivity contribution in [1.82, 2.24) is 5.32 Å². The maximum atomic E-state index is 12.0. The molecule has 18 heavy (non-hydrogen) atoms. The highest BCUT2D eigenvalue weighted by Crippen LogP contribution is 2.17. The summed E-state index contributed by atoms with van der Waals surface area (Å²) < 4.78 is 0. The number of primary amides is 1. The number of hydrogen-bond acceptors (Lipinski definition) is 3. The Bertz CT molecular complexity index is 456. The lowest BCUT2D eigenvalue weighted by atomic mass is 10.0. The quantitative estimate of drug-likeness (QED) is 0.736. The van der Waals surface area contributed by atoms with Crippen LogP contribution in [-0.4, -0.2) is 24.4 Å². The smallest absolute Gasteiger partial charge is 0.248 e. The van der Waals surface area contributed by atoms with Gasteiger partial charge in [0.2, 0.25) is 11.8 Å². The molecule has 2 atom stereocenters. The molecule has 4 N–H and O–H groups in total. The van der Waals surface area contributed by atoms with E-state index in [0.717, 1.165) is 13.0 Å². The van der Waals surface area contributed by atoms with Gasteiger partial charge in [-0.3, -0.25) is 9.59 Å². The Morgan fingerprint density at radius 3 is 2.50 bits per heavy atom. The van der Waals surface area contributed by atoms with Crippen molar-refractivity contribution < 1.29 is 9.59 Å². The van der Waals surface area contributed by atoms with Crippen LogP contribution in [0.15, 0.2) is 24.3 Å².